The van der Waals surface area contributed by atoms with Gasteiger partial charge in [-0.15, -0.1) is 0 Å². The number of primary amides is 2. The zero-order chi connectivity index (χ0) is 42.7. The van der Waals surface area contributed by atoms with Crippen LogP contribution in [0.25, 0.3) is 22.1 Å². The van der Waals surface area contributed by atoms with Crippen LogP contribution in [0.5, 0.6) is 11.5 Å². The number of carbonyl (C=O) groups excluding carboxylic acids is 4. The number of amides is 4. The summed E-state index contributed by atoms with van der Waals surface area (Å²) in [5, 5.41) is 14.7. The van der Waals surface area contributed by atoms with E-state index in [-0.39, 0.29) is 42.7 Å². The summed E-state index contributed by atoms with van der Waals surface area (Å²) in [7, 11) is 1.59. The van der Waals surface area contributed by atoms with Gasteiger partial charge >= 0.3 is 0 Å². The van der Waals surface area contributed by atoms with Crippen molar-refractivity contribution in [3.05, 3.63) is 118 Å². The quantitative estimate of drug-likeness (QED) is 0.0956. The van der Waals surface area contributed by atoms with Crippen LogP contribution in [0.1, 0.15) is 72.5 Å². The summed E-state index contributed by atoms with van der Waals surface area (Å²) in [6, 6.07) is 18.7. The first kappa shape index (κ1) is 40.4. The zero-order valence-electron chi connectivity index (χ0n) is 33.7. The van der Waals surface area contributed by atoms with E-state index in [0.717, 1.165) is 5.56 Å². The van der Waals surface area contributed by atoms with E-state index in [1.54, 1.807) is 75.0 Å². The Morgan fingerprint density at radius 3 is 1.82 bits per heavy atom. The summed E-state index contributed by atoms with van der Waals surface area (Å²) < 4.78 is 18.4. The van der Waals surface area contributed by atoms with Gasteiger partial charge in [-0.3, -0.25) is 39.2 Å². The van der Waals surface area contributed by atoms with Crippen LogP contribution in [0.3, 0.4) is 0 Å². The molecule has 7 aromatic rings. The first-order valence-corrected chi connectivity index (χ1v) is 19.1. The third kappa shape index (κ3) is 8.29. The van der Waals surface area contributed by atoms with Gasteiger partial charge in [-0.25, -0.2) is 9.97 Å². The van der Waals surface area contributed by atoms with Crippen molar-refractivity contribution in [2.45, 2.75) is 60.5 Å². The lowest BCUT2D eigenvalue weighted by Gasteiger charge is -2.13. The number of methoxy groups -OCH3 is 1. The minimum Gasteiger partial charge on any atom is -0.497 e. The molecule has 0 spiro atoms. The Labute approximate surface area is 343 Å². The number of imidazole rings is 2. The maximum atomic E-state index is 13.8. The predicted molar refractivity (Wildman–Crippen MR) is 224 cm³/mol. The molecule has 0 aliphatic heterocycles. The van der Waals surface area contributed by atoms with Crippen LogP contribution in [-0.4, -0.2) is 69.4 Å². The molecule has 0 aliphatic carbocycles. The van der Waals surface area contributed by atoms with Gasteiger partial charge in [0.2, 0.25) is 23.7 Å². The molecule has 0 bridgehead atoms. The Balaban J connectivity index is 1.26. The standard InChI is InChI=1S/C42H44N12O6/c1-6-53-33(18-24(3)49-53)39(57)47-41-45-30-20-27(37(43)55)12-15-32(30)51(41)16-8-9-17-52-36-31(46-42(52)48-40(58)34-19-25(4)50-54(34)7-2)21-28(38(44)56)22-35(36)60-23-26-10-13-29(59-5)14-11-26/h8-15,18-22H,6-7,16-17,23H2,1-5H3,(H2,43,55)(H2,44,56)(H,45,47,57)(H,46,48,58). The summed E-state index contributed by atoms with van der Waals surface area (Å²) in [5.41, 5.74) is 16.6. The lowest BCUT2D eigenvalue weighted by molar-refractivity contribution is 0.0992. The van der Waals surface area contributed by atoms with Crippen molar-refractivity contribution >= 4 is 57.6 Å². The van der Waals surface area contributed by atoms with Gasteiger partial charge in [0.15, 0.2) is 0 Å². The molecule has 308 valence electrons. The number of allylic oxidation sites excluding steroid dienone is 2. The van der Waals surface area contributed by atoms with Gasteiger partial charge in [-0.2, -0.15) is 10.2 Å². The molecule has 0 radical (unpaired) electrons. The molecule has 0 saturated carbocycles. The lowest BCUT2D eigenvalue weighted by atomic mass is 10.1. The van der Waals surface area contributed by atoms with Crippen molar-refractivity contribution < 1.29 is 28.7 Å². The van der Waals surface area contributed by atoms with E-state index in [9.17, 15) is 19.2 Å². The minimum absolute atomic E-state index is 0.136. The number of nitrogens with two attached hydrogens (primary N) is 2. The van der Waals surface area contributed by atoms with Crippen molar-refractivity contribution in [1.82, 2.24) is 38.7 Å². The van der Waals surface area contributed by atoms with Gasteiger partial charge in [-0.05, 0) is 87.9 Å². The smallest absolute Gasteiger partial charge is 0.276 e. The Hall–Kier alpha value is -7.76. The monoisotopic (exact) mass is 812 g/mol. The fraction of sp³-hybridized carbons (Fsp3) is 0.238. The molecule has 60 heavy (non-hydrogen) atoms. The number of benzene rings is 3. The molecule has 4 aromatic heterocycles. The maximum Gasteiger partial charge on any atom is 0.276 e. The number of nitrogens with one attached hydrogen (secondary N) is 2. The Morgan fingerprint density at radius 2 is 1.25 bits per heavy atom. The number of carbonyl (C=O) groups is 4. The molecule has 0 aliphatic rings. The van der Waals surface area contributed by atoms with Gasteiger partial charge < -0.3 is 30.1 Å². The lowest BCUT2D eigenvalue weighted by Crippen LogP contribution is -2.20. The number of aryl methyl sites for hydroxylation is 4. The zero-order valence-corrected chi connectivity index (χ0v) is 33.7. The first-order chi connectivity index (χ1) is 28.9. The number of nitrogens with zero attached hydrogens (tertiary/aromatic N) is 8. The molecule has 18 heteroatoms. The number of rotatable bonds is 16. The summed E-state index contributed by atoms with van der Waals surface area (Å²) in [4.78, 5) is 61.3. The Kier molecular flexibility index (Phi) is 11.5. The second kappa shape index (κ2) is 17.0. The second-order valence-corrected chi connectivity index (χ2v) is 13.9. The van der Waals surface area contributed by atoms with Crippen LogP contribution in [0.15, 0.2) is 78.9 Å². The highest BCUT2D eigenvalue weighted by Crippen LogP contribution is 2.32. The van der Waals surface area contributed by atoms with Crippen molar-refractivity contribution in [2.24, 2.45) is 11.5 Å². The largest absolute Gasteiger partial charge is 0.497 e. The van der Waals surface area contributed by atoms with Gasteiger partial charge in [0.05, 0.1) is 35.0 Å². The summed E-state index contributed by atoms with van der Waals surface area (Å²) in [6.45, 7) is 8.88. The Morgan fingerprint density at radius 1 is 0.700 bits per heavy atom. The molecule has 6 N–H and O–H groups in total. The van der Waals surface area contributed by atoms with Gasteiger partial charge in [0.1, 0.15) is 35.0 Å². The third-order valence-corrected chi connectivity index (χ3v) is 9.74. The molecule has 4 heterocycles. The van der Waals surface area contributed by atoms with Gasteiger partial charge in [0, 0.05) is 37.3 Å². The third-order valence-electron chi connectivity index (χ3n) is 9.74. The van der Waals surface area contributed by atoms with E-state index in [0.29, 0.717) is 69.4 Å². The van der Waals surface area contributed by atoms with Crippen LogP contribution in [-0.2, 0) is 32.8 Å². The minimum atomic E-state index is -0.679. The van der Waals surface area contributed by atoms with E-state index in [1.165, 1.54) is 0 Å². The van der Waals surface area contributed by atoms with E-state index in [4.69, 9.17) is 25.9 Å². The topological polar surface area (TPSA) is 234 Å². The molecule has 0 saturated heterocycles. The normalized spacial score (nSPS) is 11.4. The number of aromatic nitrogens is 8. The van der Waals surface area contributed by atoms with Crippen molar-refractivity contribution in [3.63, 3.8) is 0 Å². The van der Waals surface area contributed by atoms with E-state index >= 15 is 0 Å². The number of hydrogen-bond acceptors (Lipinski definition) is 10. The number of ether oxygens (including phenoxy) is 2. The second-order valence-electron chi connectivity index (χ2n) is 13.9. The highest BCUT2D eigenvalue weighted by Gasteiger charge is 2.23. The average molecular weight is 813 g/mol. The van der Waals surface area contributed by atoms with Gasteiger partial charge in [-0.1, -0.05) is 24.3 Å². The SMILES string of the molecule is CCn1nc(C)cc1C(=O)Nc1nc2cc(C(N)=O)ccc2n1CC=CCn1c(NC(=O)c2cc(C)nn2CC)nc2cc(C(N)=O)cc(OCc3ccc(OC)cc3)c21. The van der Waals surface area contributed by atoms with Crippen LogP contribution < -0.4 is 31.6 Å². The predicted octanol–water partition coefficient (Wildman–Crippen LogP) is 4.98. The molecule has 3 aromatic carbocycles. The number of hydrogen-bond donors (Lipinski definition) is 4. The highest BCUT2D eigenvalue weighted by molar-refractivity contribution is 6.05. The van der Waals surface area contributed by atoms with Crippen LogP contribution in [0.4, 0.5) is 11.9 Å². The number of fused-ring (bicyclic) bond motifs is 2. The van der Waals surface area contributed by atoms with Crippen molar-refractivity contribution in [3.8, 4) is 11.5 Å². The average Bonchev–Trinajstić information content (AvgIpc) is 4.00. The molecular formula is C42H44N12O6. The summed E-state index contributed by atoms with van der Waals surface area (Å²) in [6.07, 6.45) is 3.72. The highest BCUT2D eigenvalue weighted by atomic mass is 16.5. The Bertz CT molecular complexity index is 2810. The molecule has 4 amide bonds. The van der Waals surface area contributed by atoms with E-state index < -0.39 is 23.6 Å². The van der Waals surface area contributed by atoms with Crippen LogP contribution >= 0.6 is 0 Å². The van der Waals surface area contributed by atoms with Crippen molar-refractivity contribution in [2.75, 3.05) is 17.7 Å². The summed E-state index contributed by atoms with van der Waals surface area (Å²) in [5.74, 6) is -0.718. The summed E-state index contributed by atoms with van der Waals surface area (Å²) >= 11 is 0. The number of anilines is 2. The van der Waals surface area contributed by atoms with Crippen LogP contribution in [0, 0.1) is 13.8 Å². The van der Waals surface area contributed by atoms with E-state index in [1.807, 2.05) is 57.2 Å². The van der Waals surface area contributed by atoms with Gasteiger partial charge in [0.25, 0.3) is 11.8 Å². The first-order valence-electron chi connectivity index (χ1n) is 19.1. The maximum absolute atomic E-state index is 13.8. The molecule has 0 atom stereocenters. The molecule has 18 nitrogen and oxygen atoms in total. The fourth-order valence-electron chi connectivity index (χ4n) is 6.83. The fourth-order valence-corrected chi connectivity index (χ4v) is 6.83. The van der Waals surface area contributed by atoms with E-state index in [2.05, 4.69) is 25.8 Å². The molecule has 0 fully saturated rings. The van der Waals surface area contributed by atoms with Crippen LogP contribution in [0.2, 0.25) is 0 Å². The molecular weight excluding hydrogens is 769 g/mol. The molecule has 0 unspecified atom stereocenters. The van der Waals surface area contributed by atoms with Crippen molar-refractivity contribution in [1.29, 1.82) is 0 Å². The molecule has 7 rings (SSSR count).